The Hall–Kier alpha value is 1.05. The second kappa shape index (κ2) is 3.96. The highest BCUT2D eigenvalue weighted by Gasteiger charge is 2.14. The Balaban J connectivity index is 3.37. The number of rotatable bonds is 3. The average Bonchev–Trinajstić information content (AvgIpc) is 1.67. The van der Waals surface area contributed by atoms with Gasteiger partial charge in [-0.05, 0) is 25.4 Å². The van der Waals surface area contributed by atoms with Gasteiger partial charge in [-0.15, -0.1) is 11.8 Å². The first-order chi connectivity index (χ1) is 3.62. The summed E-state index contributed by atoms with van der Waals surface area (Å²) in [4.78, 5) is 0. The third-order valence-corrected chi connectivity index (χ3v) is 3.09. The summed E-state index contributed by atoms with van der Waals surface area (Å²) in [5.74, 6) is 0.918. The Bertz CT molecular complexity index is 60.7. The summed E-state index contributed by atoms with van der Waals surface area (Å²) in [6.07, 6.45) is 3.12. The van der Waals surface area contributed by atoms with Gasteiger partial charge in [0.1, 0.15) is 0 Å². The maximum Gasteiger partial charge on any atom is 0.0558 e. The van der Waals surface area contributed by atoms with Crippen LogP contribution in [0.25, 0.3) is 0 Å². The monoisotopic (exact) mass is 168 g/mol. The first-order valence-electron chi connectivity index (χ1n) is 2.51. The summed E-state index contributed by atoms with van der Waals surface area (Å²) >= 11 is 10.3. The van der Waals surface area contributed by atoms with E-state index in [1.165, 1.54) is 0 Å². The molecule has 0 aromatic rings. The molecule has 0 spiro atoms. The van der Waals surface area contributed by atoms with E-state index in [-0.39, 0.29) is 4.08 Å². The fraction of sp³-hybridized carbons (Fsp3) is 1.00. The summed E-state index contributed by atoms with van der Waals surface area (Å²) in [6.45, 7) is 2.11. The van der Waals surface area contributed by atoms with Gasteiger partial charge in [-0.2, -0.15) is 25.3 Å². The Morgan fingerprint density at radius 3 is 2.25 bits per heavy atom. The van der Waals surface area contributed by atoms with Crippen molar-refractivity contribution in [3.8, 4) is 0 Å². The molecule has 8 heavy (non-hydrogen) atoms. The maximum absolute atomic E-state index is 4.38. The SMILES string of the molecule is CSC(C)(S)CCS. The molecular weight excluding hydrogens is 156 g/mol. The molecular formula is C5H12S3. The van der Waals surface area contributed by atoms with Crippen molar-refractivity contribution in [2.24, 2.45) is 0 Å². The predicted molar refractivity (Wildman–Crippen MR) is 49.4 cm³/mol. The van der Waals surface area contributed by atoms with E-state index < -0.39 is 0 Å². The lowest BCUT2D eigenvalue weighted by atomic mass is 10.4. The Morgan fingerprint density at radius 1 is 1.62 bits per heavy atom. The summed E-state index contributed by atoms with van der Waals surface area (Å²) in [7, 11) is 0. The van der Waals surface area contributed by atoms with Crippen LogP contribution in [0.1, 0.15) is 13.3 Å². The zero-order valence-electron chi connectivity index (χ0n) is 5.22. The predicted octanol–water partition coefficient (Wildman–Crippen LogP) is 2.32. The molecule has 0 saturated carbocycles. The second-order valence-corrected chi connectivity index (χ2v) is 4.90. The first-order valence-corrected chi connectivity index (χ1v) is 4.81. The molecule has 0 nitrogen and oxygen atoms in total. The summed E-state index contributed by atoms with van der Waals surface area (Å²) < 4.78 is 0.127. The van der Waals surface area contributed by atoms with Gasteiger partial charge in [0.25, 0.3) is 0 Å². The zero-order valence-corrected chi connectivity index (χ0v) is 7.82. The molecule has 0 aromatic carbocycles. The largest absolute Gasteiger partial charge is 0.179 e. The van der Waals surface area contributed by atoms with Crippen LogP contribution in [-0.4, -0.2) is 16.1 Å². The molecule has 0 saturated heterocycles. The third-order valence-electron chi connectivity index (χ3n) is 1.02. The van der Waals surface area contributed by atoms with E-state index in [1.807, 2.05) is 0 Å². The lowest BCUT2D eigenvalue weighted by Gasteiger charge is -2.18. The molecule has 0 heterocycles. The van der Waals surface area contributed by atoms with Crippen LogP contribution in [0.3, 0.4) is 0 Å². The van der Waals surface area contributed by atoms with Crippen molar-refractivity contribution in [3.05, 3.63) is 0 Å². The fourth-order valence-corrected chi connectivity index (χ4v) is 1.50. The number of thiol groups is 2. The van der Waals surface area contributed by atoms with Gasteiger partial charge < -0.3 is 0 Å². The molecule has 0 N–H and O–H groups in total. The van der Waals surface area contributed by atoms with Crippen LogP contribution in [0, 0.1) is 0 Å². The lowest BCUT2D eigenvalue weighted by Crippen LogP contribution is -2.10. The Kier molecular flexibility index (Phi) is 4.48. The van der Waals surface area contributed by atoms with Crippen molar-refractivity contribution in [1.29, 1.82) is 0 Å². The van der Waals surface area contributed by atoms with Crippen molar-refractivity contribution >= 4 is 37.0 Å². The van der Waals surface area contributed by atoms with Crippen molar-refractivity contribution < 1.29 is 0 Å². The van der Waals surface area contributed by atoms with E-state index >= 15 is 0 Å². The van der Waals surface area contributed by atoms with Crippen LogP contribution in [-0.2, 0) is 0 Å². The molecule has 0 aliphatic heterocycles. The minimum Gasteiger partial charge on any atom is -0.179 e. The van der Waals surface area contributed by atoms with Gasteiger partial charge in [-0.1, -0.05) is 0 Å². The molecule has 0 radical (unpaired) electrons. The van der Waals surface area contributed by atoms with E-state index in [4.69, 9.17) is 0 Å². The third kappa shape index (κ3) is 3.98. The summed E-state index contributed by atoms with van der Waals surface area (Å²) in [5.41, 5.74) is 0. The highest BCUT2D eigenvalue weighted by Crippen LogP contribution is 2.30. The molecule has 0 fully saturated rings. The van der Waals surface area contributed by atoms with Crippen LogP contribution >= 0.6 is 37.0 Å². The molecule has 1 atom stereocenters. The van der Waals surface area contributed by atoms with E-state index in [9.17, 15) is 0 Å². The van der Waals surface area contributed by atoms with E-state index in [2.05, 4.69) is 38.4 Å². The van der Waals surface area contributed by atoms with Crippen LogP contribution < -0.4 is 0 Å². The molecule has 0 bridgehead atoms. The highest BCUT2D eigenvalue weighted by atomic mass is 32.2. The van der Waals surface area contributed by atoms with Crippen LogP contribution in [0.15, 0.2) is 0 Å². The molecule has 0 amide bonds. The van der Waals surface area contributed by atoms with Crippen LogP contribution in [0.2, 0.25) is 0 Å². The molecule has 0 rings (SSSR count). The summed E-state index contributed by atoms with van der Waals surface area (Å²) in [5, 5.41) is 0. The second-order valence-electron chi connectivity index (χ2n) is 1.85. The molecule has 3 heteroatoms. The number of hydrogen-bond donors (Lipinski definition) is 2. The smallest absolute Gasteiger partial charge is 0.0558 e. The highest BCUT2D eigenvalue weighted by molar-refractivity contribution is 8.11. The first kappa shape index (κ1) is 9.05. The molecule has 50 valence electrons. The molecule has 0 aliphatic carbocycles. The Labute approximate surface area is 66.6 Å². The standard InChI is InChI=1S/C5H12S3/c1-5(7,8-2)3-4-6/h6-7H,3-4H2,1-2H3. The Morgan fingerprint density at radius 2 is 2.12 bits per heavy atom. The van der Waals surface area contributed by atoms with E-state index in [1.54, 1.807) is 11.8 Å². The van der Waals surface area contributed by atoms with Crippen molar-refractivity contribution in [2.75, 3.05) is 12.0 Å². The normalized spacial score (nSPS) is 18.0. The molecule has 0 aromatic heterocycles. The van der Waals surface area contributed by atoms with E-state index in [0.717, 1.165) is 12.2 Å². The van der Waals surface area contributed by atoms with E-state index in [0.29, 0.717) is 0 Å². The lowest BCUT2D eigenvalue weighted by molar-refractivity contribution is 0.868. The number of thioether (sulfide) groups is 1. The topological polar surface area (TPSA) is 0 Å². The molecule has 1 unspecified atom stereocenters. The number of hydrogen-bond acceptors (Lipinski definition) is 3. The van der Waals surface area contributed by atoms with Crippen LogP contribution in [0.5, 0.6) is 0 Å². The van der Waals surface area contributed by atoms with Crippen molar-refractivity contribution in [3.63, 3.8) is 0 Å². The average molecular weight is 168 g/mol. The van der Waals surface area contributed by atoms with Gasteiger partial charge in [-0.25, -0.2) is 0 Å². The minimum atomic E-state index is 0.127. The van der Waals surface area contributed by atoms with Gasteiger partial charge in [0.05, 0.1) is 4.08 Å². The van der Waals surface area contributed by atoms with Gasteiger partial charge >= 0.3 is 0 Å². The summed E-state index contributed by atoms with van der Waals surface area (Å²) in [6, 6.07) is 0. The van der Waals surface area contributed by atoms with Gasteiger partial charge in [0.2, 0.25) is 0 Å². The minimum absolute atomic E-state index is 0.127. The van der Waals surface area contributed by atoms with Crippen molar-refractivity contribution in [1.82, 2.24) is 0 Å². The van der Waals surface area contributed by atoms with Crippen LogP contribution in [0.4, 0.5) is 0 Å². The zero-order chi connectivity index (χ0) is 6.62. The quantitative estimate of drug-likeness (QED) is 0.482. The maximum atomic E-state index is 4.38. The van der Waals surface area contributed by atoms with Gasteiger partial charge in [0.15, 0.2) is 0 Å². The molecule has 0 aliphatic rings. The fourth-order valence-electron chi connectivity index (χ4n) is 0.310. The van der Waals surface area contributed by atoms with Gasteiger partial charge in [0, 0.05) is 0 Å². The van der Waals surface area contributed by atoms with Gasteiger partial charge in [-0.3, -0.25) is 0 Å². The van der Waals surface area contributed by atoms with Crippen molar-refractivity contribution in [2.45, 2.75) is 17.4 Å².